The molecule has 0 bridgehead atoms. The van der Waals surface area contributed by atoms with Crippen LogP contribution in [-0.2, 0) is 23.1 Å². The molecule has 0 saturated carbocycles. The molecule has 1 aromatic heterocycles. The van der Waals surface area contributed by atoms with Crippen molar-refractivity contribution < 1.29 is 8.42 Å². The van der Waals surface area contributed by atoms with Gasteiger partial charge in [-0.1, -0.05) is 24.3 Å². The molecule has 0 amide bonds. The highest BCUT2D eigenvalue weighted by Crippen LogP contribution is 2.15. The maximum atomic E-state index is 12.2. The molecule has 1 aromatic carbocycles. The van der Waals surface area contributed by atoms with E-state index < -0.39 is 10.0 Å². The molecule has 0 aliphatic rings. The second-order valence-electron chi connectivity index (χ2n) is 4.22. The number of aromatic nitrogens is 2. The number of rotatable bonds is 5. The number of hydrogen-bond acceptors (Lipinski definition) is 4. The van der Waals surface area contributed by atoms with Crippen LogP contribution in [0.15, 0.2) is 41.6 Å². The first-order valence-corrected chi connectivity index (χ1v) is 7.21. The zero-order valence-electron chi connectivity index (χ0n) is 10.6. The van der Waals surface area contributed by atoms with E-state index in [2.05, 4.69) is 10.2 Å². The zero-order chi connectivity index (χ0) is 13.9. The minimum Gasteiger partial charge on any atom is -0.326 e. The summed E-state index contributed by atoms with van der Waals surface area (Å²) in [7, 11) is -1.95. The summed E-state index contributed by atoms with van der Waals surface area (Å²) >= 11 is 0. The molecule has 0 aliphatic carbocycles. The number of sulfonamides is 1. The Morgan fingerprint density at radius 2 is 1.89 bits per heavy atom. The highest BCUT2D eigenvalue weighted by molar-refractivity contribution is 7.89. The fourth-order valence-electron chi connectivity index (χ4n) is 1.68. The van der Waals surface area contributed by atoms with Gasteiger partial charge in [-0.15, -0.1) is 0 Å². The van der Waals surface area contributed by atoms with Crippen LogP contribution in [0.3, 0.4) is 0 Å². The molecule has 0 spiro atoms. The van der Waals surface area contributed by atoms with Crippen LogP contribution in [0.1, 0.15) is 11.1 Å². The Balaban J connectivity index is 2.14. The largest absolute Gasteiger partial charge is 0.326 e. The average molecular weight is 280 g/mol. The Hall–Kier alpha value is -1.70. The normalized spacial score (nSPS) is 11.9. The van der Waals surface area contributed by atoms with E-state index in [1.54, 1.807) is 7.05 Å². The van der Waals surface area contributed by atoms with Crippen molar-refractivity contribution >= 4 is 10.0 Å². The van der Waals surface area contributed by atoms with E-state index >= 15 is 0 Å². The fourth-order valence-corrected chi connectivity index (χ4v) is 2.75. The van der Waals surface area contributed by atoms with E-state index in [1.807, 2.05) is 24.3 Å². The topological polar surface area (TPSA) is 92.1 Å². The zero-order valence-corrected chi connectivity index (χ0v) is 11.4. The van der Waals surface area contributed by atoms with Crippen LogP contribution in [0.2, 0.25) is 0 Å². The third kappa shape index (κ3) is 3.01. The molecule has 102 valence electrons. The second-order valence-corrected chi connectivity index (χ2v) is 6.26. The summed E-state index contributed by atoms with van der Waals surface area (Å²) in [6, 6.07) is 7.55. The lowest BCUT2D eigenvalue weighted by atomic mass is 10.1. The maximum absolute atomic E-state index is 12.2. The van der Waals surface area contributed by atoms with Gasteiger partial charge in [0.1, 0.15) is 4.90 Å². The Bertz CT molecular complexity index is 620. The Morgan fingerprint density at radius 1 is 1.26 bits per heavy atom. The maximum Gasteiger partial charge on any atom is 0.246 e. The van der Waals surface area contributed by atoms with Crippen molar-refractivity contribution in [1.82, 2.24) is 14.5 Å². The smallest absolute Gasteiger partial charge is 0.246 e. The van der Waals surface area contributed by atoms with Gasteiger partial charge in [0.05, 0.1) is 6.20 Å². The molecule has 0 aliphatic heterocycles. The van der Waals surface area contributed by atoms with Crippen LogP contribution in [-0.4, -0.2) is 30.0 Å². The van der Waals surface area contributed by atoms with Crippen LogP contribution < -0.4 is 5.73 Å². The first-order chi connectivity index (χ1) is 9.04. The van der Waals surface area contributed by atoms with Crippen molar-refractivity contribution in [3.05, 3.63) is 47.8 Å². The molecular formula is C12H16N4O2S. The fraction of sp³-hybridized carbons (Fsp3) is 0.250. The van der Waals surface area contributed by atoms with Gasteiger partial charge < -0.3 is 5.73 Å². The van der Waals surface area contributed by atoms with Crippen molar-refractivity contribution in [1.29, 1.82) is 0 Å². The molecule has 0 fully saturated rings. The summed E-state index contributed by atoms with van der Waals surface area (Å²) in [5.41, 5.74) is 7.44. The molecule has 0 saturated heterocycles. The molecule has 2 aromatic rings. The van der Waals surface area contributed by atoms with Gasteiger partial charge >= 0.3 is 0 Å². The van der Waals surface area contributed by atoms with Gasteiger partial charge in [0, 0.05) is 26.3 Å². The van der Waals surface area contributed by atoms with Crippen molar-refractivity contribution in [2.75, 3.05) is 7.05 Å². The molecule has 2 rings (SSSR count). The summed E-state index contributed by atoms with van der Waals surface area (Å²) < 4.78 is 25.6. The molecule has 0 atom stereocenters. The molecular weight excluding hydrogens is 264 g/mol. The van der Waals surface area contributed by atoms with Crippen molar-refractivity contribution in [3.63, 3.8) is 0 Å². The van der Waals surface area contributed by atoms with E-state index in [1.165, 1.54) is 16.7 Å². The van der Waals surface area contributed by atoms with Gasteiger partial charge in [-0.3, -0.25) is 5.10 Å². The highest BCUT2D eigenvalue weighted by Gasteiger charge is 2.21. The predicted octanol–water partition coefficient (Wildman–Crippen LogP) is 0.689. The van der Waals surface area contributed by atoms with Crippen LogP contribution in [0, 0.1) is 0 Å². The lowest BCUT2D eigenvalue weighted by Gasteiger charge is -2.16. The van der Waals surface area contributed by atoms with Gasteiger partial charge in [-0.2, -0.15) is 9.40 Å². The number of aromatic amines is 1. The van der Waals surface area contributed by atoms with Gasteiger partial charge in [-0.25, -0.2) is 8.42 Å². The lowest BCUT2D eigenvalue weighted by Crippen LogP contribution is -2.26. The van der Waals surface area contributed by atoms with E-state index in [9.17, 15) is 8.42 Å². The standard InChI is InChI=1S/C12H16N4O2S/c1-16(19(17,18)12-7-14-15-8-12)9-11-4-2-10(6-13)3-5-11/h2-5,7-8H,6,9,13H2,1H3,(H,14,15). The van der Waals surface area contributed by atoms with Crippen LogP contribution in [0.4, 0.5) is 0 Å². The Labute approximate surface area is 112 Å². The van der Waals surface area contributed by atoms with Crippen molar-refractivity contribution in [2.24, 2.45) is 5.73 Å². The molecule has 1 heterocycles. The van der Waals surface area contributed by atoms with Crippen molar-refractivity contribution in [2.45, 2.75) is 18.0 Å². The van der Waals surface area contributed by atoms with E-state index in [0.29, 0.717) is 13.1 Å². The number of benzene rings is 1. The Morgan fingerprint density at radius 3 is 2.42 bits per heavy atom. The number of nitrogens with zero attached hydrogens (tertiary/aromatic N) is 2. The van der Waals surface area contributed by atoms with Crippen LogP contribution in [0.25, 0.3) is 0 Å². The number of nitrogens with two attached hydrogens (primary N) is 1. The van der Waals surface area contributed by atoms with E-state index in [-0.39, 0.29) is 4.90 Å². The lowest BCUT2D eigenvalue weighted by molar-refractivity contribution is 0.467. The summed E-state index contributed by atoms with van der Waals surface area (Å²) in [5.74, 6) is 0. The van der Waals surface area contributed by atoms with Gasteiger partial charge in [0.15, 0.2) is 0 Å². The van der Waals surface area contributed by atoms with Crippen LogP contribution >= 0.6 is 0 Å². The minimum atomic E-state index is -3.49. The number of hydrogen-bond donors (Lipinski definition) is 2. The molecule has 19 heavy (non-hydrogen) atoms. The first kappa shape index (κ1) is 13.7. The van der Waals surface area contributed by atoms with Crippen molar-refractivity contribution in [3.8, 4) is 0 Å². The van der Waals surface area contributed by atoms with Gasteiger partial charge in [-0.05, 0) is 11.1 Å². The summed E-state index contributed by atoms with van der Waals surface area (Å²) in [6.07, 6.45) is 2.66. The summed E-state index contributed by atoms with van der Waals surface area (Å²) in [5, 5.41) is 6.16. The molecule has 6 nitrogen and oxygen atoms in total. The average Bonchev–Trinajstić information content (AvgIpc) is 2.94. The highest BCUT2D eigenvalue weighted by atomic mass is 32.2. The van der Waals surface area contributed by atoms with Gasteiger partial charge in [0.2, 0.25) is 10.0 Å². The van der Waals surface area contributed by atoms with Crippen LogP contribution in [0.5, 0.6) is 0 Å². The first-order valence-electron chi connectivity index (χ1n) is 5.77. The summed E-state index contributed by atoms with van der Waals surface area (Å²) in [4.78, 5) is 0.161. The monoisotopic (exact) mass is 280 g/mol. The summed E-state index contributed by atoms with van der Waals surface area (Å²) in [6.45, 7) is 0.780. The molecule has 0 radical (unpaired) electrons. The van der Waals surface area contributed by atoms with Gasteiger partial charge in [0.25, 0.3) is 0 Å². The van der Waals surface area contributed by atoms with E-state index in [0.717, 1.165) is 11.1 Å². The number of nitrogens with one attached hydrogen (secondary N) is 1. The minimum absolute atomic E-state index is 0.161. The molecule has 7 heteroatoms. The SMILES string of the molecule is CN(Cc1ccc(CN)cc1)S(=O)(=O)c1cn[nH]c1. The second kappa shape index (κ2) is 5.52. The third-order valence-electron chi connectivity index (χ3n) is 2.85. The van der Waals surface area contributed by atoms with E-state index in [4.69, 9.17) is 5.73 Å². The number of H-pyrrole nitrogens is 1. The quantitative estimate of drug-likeness (QED) is 0.842. The molecule has 0 unspecified atom stereocenters. The third-order valence-corrected chi connectivity index (χ3v) is 4.61. The molecule has 3 N–H and O–H groups in total. The Kier molecular flexibility index (Phi) is 3.98. The predicted molar refractivity (Wildman–Crippen MR) is 71.6 cm³/mol.